The first-order valence-electron chi connectivity index (χ1n) is 12.7. The minimum atomic E-state index is -0.571. The molecule has 38 heavy (non-hydrogen) atoms. The first-order chi connectivity index (χ1) is 18.5. The number of rotatable bonds is 8. The number of carbonyl (C=O) groups is 1. The van der Waals surface area contributed by atoms with Crippen LogP contribution in [-0.4, -0.2) is 45.9 Å². The highest BCUT2D eigenvalue weighted by Gasteiger charge is 2.35. The van der Waals surface area contributed by atoms with Gasteiger partial charge in [0.25, 0.3) is 5.91 Å². The summed E-state index contributed by atoms with van der Waals surface area (Å²) in [7, 11) is 1.58. The largest absolute Gasteiger partial charge is 0.495 e. The molecule has 194 valence electrons. The Balaban J connectivity index is 1.53. The van der Waals surface area contributed by atoms with Crippen LogP contribution in [0.1, 0.15) is 32.5 Å². The average Bonchev–Trinajstić information content (AvgIpc) is 3.37. The summed E-state index contributed by atoms with van der Waals surface area (Å²) >= 11 is 0. The SMILES string of the molecule is CCN(CC)c1ccc(-c2nc3n(n2)C(c2ccccn2)C(C(=O)Nc2ccccc2OC)=C(C)N3)cc1. The lowest BCUT2D eigenvalue weighted by Gasteiger charge is -2.28. The van der Waals surface area contributed by atoms with Crippen molar-refractivity contribution < 1.29 is 9.53 Å². The van der Waals surface area contributed by atoms with Gasteiger partial charge in [-0.3, -0.25) is 9.78 Å². The summed E-state index contributed by atoms with van der Waals surface area (Å²) in [5.74, 6) is 1.42. The Hall–Kier alpha value is -4.66. The van der Waals surface area contributed by atoms with E-state index in [9.17, 15) is 4.79 Å². The van der Waals surface area contributed by atoms with Crippen molar-refractivity contribution in [3.8, 4) is 17.1 Å². The van der Waals surface area contributed by atoms with Crippen molar-refractivity contribution >= 4 is 23.2 Å². The molecule has 0 saturated carbocycles. The zero-order chi connectivity index (χ0) is 26.6. The fourth-order valence-corrected chi connectivity index (χ4v) is 4.73. The summed E-state index contributed by atoms with van der Waals surface area (Å²) in [6.45, 7) is 8.02. The van der Waals surface area contributed by atoms with Crippen LogP contribution in [0, 0.1) is 0 Å². The van der Waals surface area contributed by atoms with E-state index in [-0.39, 0.29) is 5.91 Å². The Morgan fingerprint density at radius 1 is 1.05 bits per heavy atom. The molecular formula is C29H31N7O2. The number of hydrogen-bond donors (Lipinski definition) is 2. The molecule has 1 aliphatic rings. The number of hydrogen-bond acceptors (Lipinski definition) is 7. The fourth-order valence-electron chi connectivity index (χ4n) is 4.73. The highest BCUT2D eigenvalue weighted by molar-refractivity contribution is 6.06. The minimum Gasteiger partial charge on any atom is -0.495 e. The molecule has 9 heteroatoms. The van der Waals surface area contributed by atoms with E-state index in [1.165, 1.54) is 0 Å². The number of carbonyl (C=O) groups excluding carboxylic acids is 1. The lowest BCUT2D eigenvalue weighted by molar-refractivity contribution is -0.113. The van der Waals surface area contributed by atoms with Gasteiger partial charge < -0.3 is 20.3 Å². The van der Waals surface area contributed by atoms with E-state index in [4.69, 9.17) is 14.8 Å². The average molecular weight is 510 g/mol. The van der Waals surface area contributed by atoms with Gasteiger partial charge in [0, 0.05) is 36.2 Å². The van der Waals surface area contributed by atoms with Crippen molar-refractivity contribution in [3.63, 3.8) is 0 Å². The summed E-state index contributed by atoms with van der Waals surface area (Å²) in [5, 5.41) is 11.1. The number of ether oxygens (including phenoxy) is 1. The molecule has 0 radical (unpaired) electrons. The number of methoxy groups -OCH3 is 1. The Morgan fingerprint density at radius 2 is 1.79 bits per heavy atom. The van der Waals surface area contributed by atoms with E-state index < -0.39 is 6.04 Å². The summed E-state index contributed by atoms with van der Waals surface area (Å²) in [4.78, 5) is 25.4. The number of nitrogens with zero attached hydrogens (tertiary/aromatic N) is 5. The number of para-hydroxylation sites is 2. The third-order valence-corrected chi connectivity index (χ3v) is 6.67. The Kier molecular flexibility index (Phi) is 7.08. The van der Waals surface area contributed by atoms with E-state index in [1.807, 2.05) is 49.4 Å². The second-order valence-corrected chi connectivity index (χ2v) is 8.90. The maximum atomic E-state index is 13.7. The normalized spacial score (nSPS) is 14.5. The van der Waals surface area contributed by atoms with Gasteiger partial charge in [0.05, 0.1) is 24.1 Å². The van der Waals surface area contributed by atoms with Gasteiger partial charge in [-0.05, 0) is 69.3 Å². The van der Waals surface area contributed by atoms with Crippen molar-refractivity contribution in [2.24, 2.45) is 0 Å². The van der Waals surface area contributed by atoms with Gasteiger partial charge in [-0.1, -0.05) is 18.2 Å². The quantitative estimate of drug-likeness (QED) is 0.340. The van der Waals surface area contributed by atoms with Crippen LogP contribution in [0.25, 0.3) is 11.4 Å². The van der Waals surface area contributed by atoms with Gasteiger partial charge in [0.2, 0.25) is 5.95 Å². The zero-order valence-electron chi connectivity index (χ0n) is 22.0. The third kappa shape index (κ3) is 4.70. The molecule has 0 bridgehead atoms. The van der Waals surface area contributed by atoms with Gasteiger partial charge in [0.1, 0.15) is 11.8 Å². The number of fused-ring (bicyclic) bond motifs is 1. The molecule has 9 nitrogen and oxygen atoms in total. The van der Waals surface area contributed by atoms with Crippen molar-refractivity contribution in [2.45, 2.75) is 26.8 Å². The van der Waals surface area contributed by atoms with Gasteiger partial charge >= 0.3 is 0 Å². The van der Waals surface area contributed by atoms with Crippen LogP contribution in [-0.2, 0) is 4.79 Å². The molecule has 1 aliphatic heterocycles. The highest BCUT2D eigenvalue weighted by atomic mass is 16.5. The molecular weight excluding hydrogens is 478 g/mol. The van der Waals surface area contributed by atoms with E-state index in [1.54, 1.807) is 30.1 Å². The molecule has 2 aromatic carbocycles. The fraction of sp³-hybridized carbons (Fsp3) is 0.241. The summed E-state index contributed by atoms with van der Waals surface area (Å²) in [6, 6.07) is 20.6. The minimum absolute atomic E-state index is 0.276. The summed E-state index contributed by atoms with van der Waals surface area (Å²) in [5.41, 5.74) is 4.49. The Morgan fingerprint density at radius 3 is 2.47 bits per heavy atom. The summed E-state index contributed by atoms with van der Waals surface area (Å²) < 4.78 is 7.16. The predicted octanol–water partition coefficient (Wildman–Crippen LogP) is 5.12. The standard InChI is InChI=1S/C29H31N7O2/c1-5-35(6-2)21-16-14-20(15-17-21)27-33-29-31-19(3)25(26(36(29)34-27)23-12-9-10-18-30-23)28(37)32-22-11-7-8-13-24(22)38-4/h7-18,26H,5-6H2,1-4H3,(H,32,37)(H,31,33,34). The van der Waals surface area contributed by atoms with Crippen LogP contribution in [0.4, 0.5) is 17.3 Å². The first-order valence-corrected chi connectivity index (χ1v) is 12.7. The second kappa shape index (κ2) is 10.8. The zero-order valence-corrected chi connectivity index (χ0v) is 22.0. The van der Waals surface area contributed by atoms with E-state index in [2.05, 4.69) is 46.5 Å². The maximum Gasteiger partial charge on any atom is 0.256 e. The van der Waals surface area contributed by atoms with Crippen molar-refractivity contribution in [1.29, 1.82) is 0 Å². The van der Waals surface area contributed by atoms with Crippen molar-refractivity contribution in [3.05, 3.63) is 89.9 Å². The number of amides is 1. The number of pyridine rings is 1. The molecule has 4 aromatic rings. The van der Waals surface area contributed by atoms with Gasteiger partial charge in [-0.25, -0.2) is 4.68 Å². The van der Waals surface area contributed by atoms with E-state index in [0.717, 1.165) is 24.3 Å². The van der Waals surface area contributed by atoms with Crippen LogP contribution >= 0.6 is 0 Å². The molecule has 2 aromatic heterocycles. The van der Waals surface area contributed by atoms with Gasteiger partial charge in [-0.2, -0.15) is 4.98 Å². The molecule has 0 fully saturated rings. The van der Waals surface area contributed by atoms with E-state index in [0.29, 0.717) is 40.2 Å². The first kappa shape index (κ1) is 25.0. The molecule has 5 rings (SSSR count). The van der Waals surface area contributed by atoms with Crippen LogP contribution in [0.15, 0.2) is 84.2 Å². The van der Waals surface area contributed by atoms with Gasteiger partial charge in [-0.15, -0.1) is 5.10 Å². The second-order valence-electron chi connectivity index (χ2n) is 8.90. The molecule has 1 amide bonds. The van der Waals surface area contributed by atoms with Gasteiger partial charge in [0.15, 0.2) is 5.82 Å². The van der Waals surface area contributed by atoms with Crippen molar-refractivity contribution in [1.82, 2.24) is 19.7 Å². The lowest BCUT2D eigenvalue weighted by atomic mass is 9.98. The number of nitrogens with one attached hydrogen (secondary N) is 2. The number of allylic oxidation sites excluding steroid dienone is 1. The highest BCUT2D eigenvalue weighted by Crippen LogP contribution is 2.36. The summed E-state index contributed by atoms with van der Waals surface area (Å²) in [6.07, 6.45) is 1.71. The molecule has 2 N–H and O–H groups in total. The van der Waals surface area contributed by atoms with Crippen LogP contribution in [0.5, 0.6) is 5.75 Å². The third-order valence-electron chi connectivity index (χ3n) is 6.67. The Bertz CT molecular complexity index is 1460. The van der Waals surface area contributed by atoms with Crippen molar-refractivity contribution in [2.75, 3.05) is 35.7 Å². The molecule has 0 saturated heterocycles. The molecule has 0 aliphatic carbocycles. The molecule has 1 atom stereocenters. The lowest BCUT2D eigenvalue weighted by Crippen LogP contribution is -2.32. The number of benzene rings is 2. The number of anilines is 3. The van der Waals surface area contributed by atoms with Crippen LogP contribution in [0.2, 0.25) is 0 Å². The predicted molar refractivity (Wildman–Crippen MR) is 149 cm³/mol. The molecule has 1 unspecified atom stereocenters. The molecule has 3 heterocycles. The molecule has 0 spiro atoms. The smallest absolute Gasteiger partial charge is 0.256 e. The Labute approximate surface area is 222 Å². The van der Waals surface area contributed by atoms with Crippen LogP contribution in [0.3, 0.4) is 0 Å². The topological polar surface area (TPSA) is 97.2 Å². The maximum absolute atomic E-state index is 13.7. The monoisotopic (exact) mass is 509 g/mol. The van der Waals surface area contributed by atoms with E-state index >= 15 is 0 Å². The van der Waals surface area contributed by atoms with Crippen LogP contribution < -0.4 is 20.3 Å². The number of aromatic nitrogens is 4.